The molecule has 1 saturated heterocycles. The molecule has 0 spiro atoms. The van der Waals surface area contributed by atoms with E-state index in [9.17, 15) is 26.0 Å². The number of carbonyl (C=O) groups is 1. The summed E-state index contributed by atoms with van der Waals surface area (Å²) in [4.78, 5) is 14.4. The van der Waals surface area contributed by atoms with Crippen molar-refractivity contribution in [2.24, 2.45) is 0 Å². The van der Waals surface area contributed by atoms with Gasteiger partial charge in [-0.2, -0.15) is 0 Å². The Bertz CT molecular complexity index is 1180. The van der Waals surface area contributed by atoms with Crippen LogP contribution in [0.2, 0.25) is 0 Å². The molecule has 2 atom stereocenters. The summed E-state index contributed by atoms with van der Waals surface area (Å²) in [5.74, 6) is -1.01. The van der Waals surface area contributed by atoms with Crippen LogP contribution >= 0.6 is 0 Å². The van der Waals surface area contributed by atoms with E-state index in [-0.39, 0.29) is 46.8 Å². The molecule has 32 heavy (non-hydrogen) atoms. The minimum atomic E-state index is -3.90. The van der Waals surface area contributed by atoms with E-state index in [4.69, 9.17) is 0 Å². The zero-order valence-electron chi connectivity index (χ0n) is 17.8. The molecule has 8 nitrogen and oxygen atoms in total. The molecule has 3 rings (SSSR count). The summed E-state index contributed by atoms with van der Waals surface area (Å²) >= 11 is 0. The van der Waals surface area contributed by atoms with Crippen LogP contribution < -0.4 is 10.0 Å². The van der Waals surface area contributed by atoms with E-state index in [0.29, 0.717) is 0 Å². The Labute approximate surface area is 187 Å². The number of halogens is 1. The number of likely N-dealkylation sites (N-methyl/N-ethyl adjacent to an activating group) is 1. The molecule has 174 valence electrons. The fourth-order valence-corrected chi connectivity index (χ4v) is 6.61. The van der Waals surface area contributed by atoms with Crippen molar-refractivity contribution < 1.29 is 26.0 Å². The molecule has 0 unspecified atom stereocenters. The fraction of sp³-hybridized carbons (Fsp3) is 0.381. The summed E-state index contributed by atoms with van der Waals surface area (Å²) in [5, 5.41) is 2.79. The van der Waals surface area contributed by atoms with Gasteiger partial charge in [0.15, 0.2) is 9.84 Å². The minimum absolute atomic E-state index is 0.0388. The van der Waals surface area contributed by atoms with Crippen LogP contribution in [0.25, 0.3) is 0 Å². The van der Waals surface area contributed by atoms with E-state index in [1.807, 2.05) is 19.0 Å². The Morgan fingerprint density at radius 1 is 1.19 bits per heavy atom. The predicted octanol–water partition coefficient (Wildman–Crippen LogP) is 1.32. The molecule has 0 aromatic heterocycles. The van der Waals surface area contributed by atoms with Crippen LogP contribution in [-0.4, -0.2) is 65.8 Å². The van der Waals surface area contributed by atoms with Gasteiger partial charge < -0.3 is 10.2 Å². The third kappa shape index (κ3) is 6.12. The molecule has 1 fully saturated rings. The number of sulfone groups is 1. The number of nitrogens with zero attached hydrogens (tertiary/aromatic N) is 1. The maximum Gasteiger partial charge on any atom is 0.251 e. The highest BCUT2D eigenvalue weighted by Gasteiger charge is 2.31. The molecule has 0 aliphatic carbocycles. The van der Waals surface area contributed by atoms with Gasteiger partial charge in [0.1, 0.15) is 5.82 Å². The van der Waals surface area contributed by atoms with Gasteiger partial charge in [0.25, 0.3) is 5.91 Å². The SMILES string of the molecule is CN(C)[C@H](CNC(=O)c1ccc(S(=O)(=O)N[C@@H]2CCS(=O)(=O)C2)cc1)c1cccc(F)c1. The zero-order chi connectivity index (χ0) is 23.5. The van der Waals surface area contributed by atoms with Crippen LogP contribution in [0.3, 0.4) is 0 Å². The van der Waals surface area contributed by atoms with Crippen molar-refractivity contribution in [2.75, 3.05) is 32.1 Å². The largest absolute Gasteiger partial charge is 0.350 e. The molecule has 0 bridgehead atoms. The third-order valence-corrected chi connectivity index (χ3v) is 8.60. The van der Waals surface area contributed by atoms with Crippen molar-refractivity contribution in [1.29, 1.82) is 0 Å². The predicted molar refractivity (Wildman–Crippen MR) is 119 cm³/mol. The van der Waals surface area contributed by atoms with Crippen LogP contribution in [0.4, 0.5) is 4.39 Å². The van der Waals surface area contributed by atoms with Gasteiger partial charge in [-0.1, -0.05) is 12.1 Å². The van der Waals surface area contributed by atoms with Crippen molar-refractivity contribution in [1.82, 2.24) is 14.9 Å². The van der Waals surface area contributed by atoms with Crippen LogP contribution in [0.1, 0.15) is 28.4 Å². The molecule has 1 heterocycles. The molecule has 1 aliphatic rings. The average Bonchev–Trinajstić information content (AvgIpc) is 3.05. The van der Waals surface area contributed by atoms with Gasteiger partial charge in [-0.15, -0.1) is 0 Å². The maximum atomic E-state index is 13.6. The Balaban J connectivity index is 1.64. The Morgan fingerprint density at radius 3 is 2.44 bits per heavy atom. The van der Waals surface area contributed by atoms with E-state index >= 15 is 0 Å². The van der Waals surface area contributed by atoms with Gasteiger partial charge in [0.05, 0.1) is 22.4 Å². The lowest BCUT2D eigenvalue weighted by Crippen LogP contribution is -2.36. The van der Waals surface area contributed by atoms with Gasteiger partial charge in [0, 0.05) is 18.2 Å². The van der Waals surface area contributed by atoms with Gasteiger partial charge >= 0.3 is 0 Å². The van der Waals surface area contributed by atoms with Crippen molar-refractivity contribution in [3.8, 4) is 0 Å². The Hall–Kier alpha value is -2.34. The van der Waals surface area contributed by atoms with Crippen molar-refractivity contribution >= 4 is 25.8 Å². The normalized spacial score (nSPS) is 19.1. The van der Waals surface area contributed by atoms with Gasteiger partial charge in [0.2, 0.25) is 10.0 Å². The summed E-state index contributed by atoms with van der Waals surface area (Å²) in [6, 6.07) is 10.6. The van der Waals surface area contributed by atoms with Crippen LogP contribution in [0.15, 0.2) is 53.4 Å². The highest BCUT2D eigenvalue weighted by atomic mass is 32.2. The molecule has 2 aromatic rings. The summed E-state index contributed by atoms with van der Waals surface area (Å²) in [6.45, 7) is 0.229. The number of amides is 1. The highest BCUT2D eigenvalue weighted by Crippen LogP contribution is 2.19. The van der Waals surface area contributed by atoms with E-state index < -0.39 is 31.8 Å². The van der Waals surface area contributed by atoms with E-state index in [2.05, 4.69) is 10.0 Å². The zero-order valence-corrected chi connectivity index (χ0v) is 19.4. The number of rotatable bonds is 8. The van der Waals surface area contributed by atoms with E-state index in [1.165, 1.54) is 36.4 Å². The number of hydrogen-bond donors (Lipinski definition) is 2. The first kappa shape index (κ1) is 24.3. The van der Waals surface area contributed by atoms with Crippen molar-refractivity contribution in [3.63, 3.8) is 0 Å². The standard InChI is InChI=1S/C21H26FN3O5S2/c1-25(2)20(16-4-3-5-17(22)12-16)13-23-21(26)15-6-8-19(9-7-15)32(29,30)24-18-10-11-31(27,28)14-18/h3-9,12,18,20,24H,10-11,13-14H2,1-2H3,(H,23,26)/t18-,20-/m1/s1. The van der Waals surface area contributed by atoms with Crippen LogP contribution in [-0.2, 0) is 19.9 Å². The second-order valence-electron chi connectivity index (χ2n) is 7.99. The first-order valence-corrected chi connectivity index (χ1v) is 13.3. The summed E-state index contributed by atoms with van der Waals surface area (Å²) in [7, 11) is -3.47. The summed E-state index contributed by atoms with van der Waals surface area (Å²) in [6.07, 6.45) is 0.237. The lowest BCUT2D eigenvalue weighted by atomic mass is 10.1. The minimum Gasteiger partial charge on any atom is -0.350 e. The smallest absolute Gasteiger partial charge is 0.251 e. The van der Waals surface area contributed by atoms with Crippen molar-refractivity contribution in [3.05, 3.63) is 65.5 Å². The quantitative estimate of drug-likeness (QED) is 0.586. The van der Waals surface area contributed by atoms with Gasteiger partial charge in [-0.05, 0) is 62.5 Å². The maximum absolute atomic E-state index is 13.6. The molecule has 2 aromatic carbocycles. The number of benzene rings is 2. The fourth-order valence-electron chi connectivity index (χ4n) is 3.56. The molecular formula is C21H26FN3O5S2. The molecule has 2 N–H and O–H groups in total. The summed E-state index contributed by atoms with van der Waals surface area (Å²) < 4.78 is 64.1. The van der Waals surface area contributed by atoms with Crippen molar-refractivity contribution in [2.45, 2.75) is 23.4 Å². The molecule has 1 amide bonds. The molecule has 0 radical (unpaired) electrons. The second kappa shape index (κ2) is 9.65. The lowest BCUT2D eigenvalue weighted by molar-refractivity contribution is 0.0941. The monoisotopic (exact) mass is 483 g/mol. The number of sulfonamides is 1. The molecule has 11 heteroatoms. The molecular weight excluding hydrogens is 457 g/mol. The number of hydrogen-bond acceptors (Lipinski definition) is 6. The molecule has 0 saturated carbocycles. The van der Waals surface area contributed by atoms with Gasteiger partial charge in [-0.25, -0.2) is 25.9 Å². The third-order valence-electron chi connectivity index (χ3n) is 5.29. The van der Waals surface area contributed by atoms with Crippen LogP contribution in [0.5, 0.6) is 0 Å². The Morgan fingerprint density at radius 2 is 1.88 bits per heavy atom. The number of nitrogens with one attached hydrogen (secondary N) is 2. The van der Waals surface area contributed by atoms with E-state index in [0.717, 1.165) is 5.56 Å². The summed E-state index contributed by atoms with van der Waals surface area (Å²) in [5.41, 5.74) is 0.987. The second-order valence-corrected chi connectivity index (χ2v) is 11.9. The Kier molecular flexibility index (Phi) is 7.33. The number of carbonyl (C=O) groups excluding carboxylic acids is 1. The lowest BCUT2D eigenvalue weighted by Gasteiger charge is -2.25. The first-order chi connectivity index (χ1) is 15.0. The molecule has 1 aliphatic heterocycles. The topological polar surface area (TPSA) is 113 Å². The van der Waals surface area contributed by atoms with E-state index in [1.54, 1.807) is 12.1 Å². The average molecular weight is 484 g/mol. The highest BCUT2D eigenvalue weighted by molar-refractivity contribution is 7.92. The van der Waals surface area contributed by atoms with Gasteiger partial charge in [-0.3, -0.25) is 4.79 Å². The van der Waals surface area contributed by atoms with Crippen LogP contribution in [0, 0.1) is 5.82 Å². The first-order valence-electron chi connectivity index (χ1n) is 10.00.